The number of carbonyl (C=O) groups is 2. The van der Waals surface area contributed by atoms with Gasteiger partial charge in [0.25, 0.3) is 0 Å². The number of carboxylic acids is 1. The molecule has 10 atom stereocenters. The minimum Gasteiger partial charge on any atom is -0.481 e. The second-order valence-corrected chi connectivity index (χ2v) is 14.4. The van der Waals surface area contributed by atoms with Gasteiger partial charge in [0.1, 0.15) is 6.10 Å². The maximum Gasteiger partial charge on any atom is 0.309 e. The van der Waals surface area contributed by atoms with Gasteiger partial charge in [-0.25, -0.2) is 0 Å². The standard InChI is InChI=1S/C32H48O6/c1-18(2)8-7-9-20-10-13-32(37)15-14-29(4)21(26(32)28(35)36)11-12-30(5)27(29)23(34)16-22-25(20)24(38-19(3)33)17-31(22,30)6/h8,21-24,26-27,34,37H,7,9-17H2,1-6H3,(H,35,36)/t21?,22-,23-,24+,26-,27?,29+,30-,31+,32-/m1/s1. The summed E-state index contributed by atoms with van der Waals surface area (Å²) in [5, 5.41) is 34.6. The first-order chi connectivity index (χ1) is 17.7. The maximum atomic E-state index is 12.9. The monoisotopic (exact) mass is 528 g/mol. The first kappa shape index (κ1) is 27.9. The van der Waals surface area contributed by atoms with E-state index in [0.29, 0.717) is 25.7 Å². The Morgan fingerprint density at radius 1 is 1.05 bits per heavy atom. The van der Waals surface area contributed by atoms with Crippen LogP contribution in [0.1, 0.15) is 106 Å². The van der Waals surface area contributed by atoms with Crippen LogP contribution in [-0.4, -0.2) is 45.1 Å². The maximum absolute atomic E-state index is 12.9. The lowest BCUT2D eigenvalue weighted by atomic mass is 9.35. The highest BCUT2D eigenvalue weighted by Crippen LogP contribution is 2.75. The Morgan fingerprint density at radius 2 is 1.76 bits per heavy atom. The molecule has 4 saturated carbocycles. The molecule has 2 unspecified atom stereocenters. The Bertz CT molecular complexity index is 1070. The summed E-state index contributed by atoms with van der Waals surface area (Å²) in [5.41, 5.74) is 1.53. The quantitative estimate of drug-likeness (QED) is 0.307. The van der Waals surface area contributed by atoms with E-state index in [4.69, 9.17) is 4.74 Å². The van der Waals surface area contributed by atoms with Crippen LogP contribution >= 0.6 is 0 Å². The predicted molar refractivity (Wildman–Crippen MR) is 145 cm³/mol. The van der Waals surface area contributed by atoms with Crippen LogP contribution in [0.5, 0.6) is 0 Å². The van der Waals surface area contributed by atoms with Gasteiger partial charge in [-0.15, -0.1) is 0 Å². The van der Waals surface area contributed by atoms with Gasteiger partial charge in [0.2, 0.25) is 0 Å². The number of ether oxygens (including phenoxy) is 1. The summed E-state index contributed by atoms with van der Waals surface area (Å²) in [7, 11) is 0. The minimum atomic E-state index is -1.28. The molecular formula is C32H48O6. The zero-order chi connectivity index (χ0) is 27.8. The van der Waals surface area contributed by atoms with Crippen molar-refractivity contribution in [2.75, 3.05) is 0 Å². The fourth-order valence-electron chi connectivity index (χ4n) is 10.7. The third kappa shape index (κ3) is 3.87. The van der Waals surface area contributed by atoms with Crippen LogP contribution in [0, 0.1) is 39.9 Å². The SMILES string of the molecule is CC(=O)O[C@H]1C[C@@]2(C)[C@@H]3C[C@@H](O)C4[C@@]5(C)CC[C@](O)(CCC(CCC=C(C)C)=C13)[C@@H](C(=O)O)C5CC[C@]42C. The summed E-state index contributed by atoms with van der Waals surface area (Å²) < 4.78 is 6.07. The molecule has 4 fully saturated rings. The van der Waals surface area contributed by atoms with E-state index < -0.39 is 23.6 Å². The predicted octanol–water partition coefficient (Wildman–Crippen LogP) is 5.81. The highest BCUT2D eigenvalue weighted by molar-refractivity contribution is 5.72. The number of aliphatic carboxylic acids is 1. The van der Waals surface area contributed by atoms with Gasteiger partial charge in [0, 0.05) is 6.92 Å². The van der Waals surface area contributed by atoms with E-state index in [1.807, 2.05) is 0 Å². The van der Waals surface area contributed by atoms with Crippen LogP contribution in [0.3, 0.4) is 0 Å². The molecule has 8 aliphatic carbocycles. The first-order valence-corrected chi connectivity index (χ1v) is 14.8. The van der Waals surface area contributed by atoms with Gasteiger partial charge in [-0.2, -0.15) is 0 Å². The lowest BCUT2D eigenvalue weighted by molar-refractivity contribution is -0.251. The molecule has 0 spiro atoms. The average Bonchev–Trinajstić information content (AvgIpc) is 3.07. The van der Waals surface area contributed by atoms with Gasteiger partial charge in [-0.05, 0) is 118 Å². The number of carbonyl (C=O) groups excluding carboxylic acids is 1. The minimum absolute atomic E-state index is 0.0627. The molecule has 0 aromatic heterocycles. The van der Waals surface area contributed by atoms with Gasteiger partial charge in [-0.1, -0.05) is 38.0 Å². The number of aliphatic hydroxyl groups is 2. The number of allylic oxidation sites excluding steroid dienone is 3. The summed E-state index contributed by atoms with van der Waals surface area (Å²) >= 11 is 0. The largest absolute Gasteiger partial charge is 0.481 e. The molecule has 0 aliphatic heterocycles. The Hall–Kier alpha value is -1.66. The van der Waals surface area contributed by atoms with Crippen molar-refractivity contribution in [3.05, 3.63) is 22.8 Å². The molecular weight excluding hydrogens is 480 g/mol. The average molecular weight is 529 g/mol. The van der Waals surface area contributed by atoms with Crippen molar-refractivity contribution >= 4 is 11.9 Å². The fraction of sp³-hybridized carbons (Fsp3) is 0.812. The number of rotatable bonds is 5. The molecule has 0 radical (unpaired) electrons. The van der Waals surface area contributed by atoms with Crippen molar-refractivity contribution in [3.8, 4) is 0 Å². The molecule has 8 bridgehead atoms. The summed E-state index contributed by atoms with van der Waals surface area (Å²) in [6.45, 7) is 12.5. The van der Waals surface area contributed by atoms with Crippen LogP contribution in [0.2, 0.25) is 0 Å². The zero-order valence-corrected chi connectivity index (χ0v) is 24.2. The molecule has 0 saturated heterocycles. The van der Waals surface area contributed by atoms with Crippen molar-refractivity contribution in [1.29, 1.82) is 0 Å². The van der Waals surface area contributed by atoms with E-state index in [9.17, 15) is 24.9 Å². The van der Waals surface area contributed by atoms with Crippen molar-refractivity contribution in [2.24, 2.45) is 39.9 Å². The van der Waals surface area contributed by atoms with Crippen LogP contribution in [-0.2, 0) is 14.3 Å². The Labute approximate surface area is 227 Å². The van der Waals surface area contributed by atoms with Crippen molar-refractivity contribution in [3.63, 3.8) is 0 Å². The van der Waals surface area contributed by atoms with Gasteiger partial charge in [0.15, 0.2) is 0 Å². The number of hydrogen-bond donors (Lipinski definition) is 3. The highest BCUT2D eigenvalue weighted by atomic mass is 16.5. The molecule has 38 heavy (non-hydrogen) atoms. The first-order valence-electron chi connectivity index (χ1n) is 14.8. The van der Waals surface area contributed by atoms with E-state index in [1.54, 1.807) is 0 Å². The number of hydrogen-bond acceptors (Lipinski definition) is 5. The normalized spacial score (nSPS) is 47.5. The van der Waals surface area contributed by atoms with Crippen LogP contribution in [0.4, 0.5) is 0 Å². The van der Waals surface area contributed by atoms with E-state index in [2.05, 4.69) is 40.7 Å². The van der Waals surface area contributed by atoms with Gasteiger partial charge < -0.3 is 20.1 Å². The molecule has 212 valence electrons. The third-order valence-electron chi connectivity index (χ3n) is 12.4. The van der Waals surface area contributed by atoms with E-state index >= 15 is 0 Å². The zero-order valence-electron chi connectivity index (χ0n) is 24.2. The molecule has 8 rings (SSSR count). The van der Waals surface area contributed by atoms with E-state index in [0.717, 1.165) is 44.1 Å². The van der Waals surface area contributed by atoms with Crippen LogP contribution in [0.15, 0.2) is 22.8 Å². The van der Waals surface area contributed by atoms with E-state index in [1.165, 1.54) is 18.1 Å². The Kier molecular flexibility index (Phi) is 6.75. The summed E-state index contributed by atoms with van der Waals surface area (Å²) in [5.74, 6) is -2.16. The lowest BCUT2D eigenvalue weighted by Gasteiger charge is -2.69. The lowest BCUT2D eigenvalue weighted by Crippen LogP contribution is -2.68. The number of esters is 1. The summed E-state index contributed by atoms with van der Waals surface area (Å²) in [6.07, 6.45) is 8.06. The van der Waals surface area contributed by atoms with Gasteiger partial charge in [0.05, 0.1) is 17.6 Å². The third-order valence-corrected chi connectivity index (χ3v) is 12.4. The molecule has 6 heteroatoms. The summed E-state index contributed by atoms with van der Waals surface area (Å²) in [6, 6.07) is 0. The van der Waals surface area contributed by atoms with Gasteiger partial charge in [-0.3, -0.25) is 9.59 Å². The molecule has 6 nitrogen and oxygen atoms in total. The molecule has 0 heterocycles. The number of aliphatic hydroxyl groups excluding tert-OH is 1. The smallest absolute Gasteiger partial charge is 0.309 e. The molecule has 0 aromatic carbocycles. The molecule has 3 N–H and O–H groups in total. The van der Waals surface area contributed by atoms with Crippen molar-refractivity contribution in [2.45, 2.75) is 124 Å². The van der Waals surface area contributed by atoms with Crippen LogP contribution in [0.25, 0.3) is 0 Å². The number of carboxylic acid groups (broad SMARTS) is 1. The topological polar surface area (TPSA) is 104 Å². The van der Waals surface area contributed by atoms with Crippen molar-refractivity contribution in [1.82, 2.24) is 0 Å². The van der Waals surface area contributed by atoms with Gasteiger partial charge >= 0.3 is 11.9 Å². The Morgan fingerprint density at radius 3 is 2.39 bits per heavy atom. The van der Waals surface area contributed by atoms with E-state index in [-0.39, 0.29) is 46.1 Å². The highest BCUT2D eigenvalue weighted by Gasteiger charge is 2.72. The Balaban J connectivity index is 1.75. The second-order valence-electron chi connectivity index (χ2n) is 14.4. The number of fused-ring (bicyclic) bond motifs is 1. The molecule has 0 amide bonds. The fourth-order valence-corrected chi connectivity index (χ4v) is 10.7. The van der Waals surface area contributed by atoms with Crippen LogP contribution < -0.4 is 0 Å². The second kappa shape index (κ2) is 9.19. The summed E-state index contributed by atoms with van der Waals surface area (Å²) in [4.78, 5) is 25.2. The molecule has 0 aromatic rings. The van der Waals surface area contributed by atoms with Crippen molar-refractivity contribution < 1.29 is 29.6 Å². The molecule has 8 aliphatic rings.